The first-order valence-electron chi connectivity index (χ1n) is 8.94. The SMILES string of the molecule is O=C(O)/C=C/CCCCCC(O)C(O)CCCCCCCCO. The Hall–Kier alpha value is -0.910. The molecule has 2 unspecified atom stereocenters. The van der Waals surface area contributed by atoms with E-state index in [1.807, 2.05) is 0 Å². The highest BCUT2D eigenvalue weighted by molar-refractivity contribution is 5.79. The first-order valence-corrected chi connectivity index (χ1v) is 8.94. The molecule has 0 rings (SSSR count). The third kappa shape index (κ3) is 15.8. The topological polar surface area (TPSA) is 98.0 Å². The van der Waals surface area contributed by atoms with Crippen LogP contribution in [0.3, 0.4) is 0 Å². The molecule has 0 aliphatic rings. The van der Waals surface area contributed by atoms with E-state index in [-0.39, 0.29) is 6.61 Å². The van der Waals surface area contributed by atoms with E-state index in [4.69, 9.17) is 10.2 Å². The second-order valence-corrected chi connectivity index (χ2v) is 6.15. The number of allylic oxidation sites excluding steroid dienone is 1. The Labute approximate surface area is 140 Å². The van der Waals surface area contributed by atoms with Crippen LogP contribution < -0.4 is 0 Å². The van der Waals surface area contributed by atoms with Crippen molar-refractivity contribution in [2.24, 2.45) is 0 Å². The second-order valence-electron chi connectivity index (χ2n) is 6.15. The molecule has 4 N–H and O–H groups in total. The lowest BCUT2D eigenvalue weighted by Gasteiger charge is -2.17. The maximum Gasteiger partial charge on any atom is 0.327 e. The minimum atomic E-state index is -0.919. The standard InChI is InChI=1S/C18H34O5/c19-15-11-7-2-1-4-8-12-16(20)17(21)13-9-5-3-6-10-14-18(22)23/h10,14,16-17,19-21H,1-9,11-13,15H2,(H,22,23)/b14-10+. The molecule has 2 atom stereocenters. The molecule has 0 heterocycles. The molecule has 0 aromatic heterocycles. The number of aliphatic hydroxyl groups is 3. The van der Waals surface area contributed by atoms with Crippen LogP contribution >= 0.6 is 0 Å². The molecule has 136 valence electrons. The van der Waals surface area contributed by atoms with E-state index >= 15 is 0 Å². The fourth-order valence-corrected chi connectivity index (χ4v) is 2.53. The highest BCUT2D eigenvalue weighted by Gasteiger charge is 2.14. The summed E-state index contributed by atoms with van der Waals surface area (Å²) < 4.78 is 0. The zero-order valence-corrected chi connectivity index (χ0v) is 14.2. The molecule has 0 aliphatic carbocycles. The van der Waals surface area contributed by atoms with Gasteiger partial charge in [-0.1, -0.05) is 51.0 Å². The number of aliphatic hydroxyl groups excluding tert-OH is 3. The molecular weight excluding hydrogens is 296 g/mol. The molecule has 0 radical (unpaired) electrons. The van der Waals surface area contributed by atoms with Crippen molar-refractivity contribution in [2.75, 3.05) is 6.61 Å². The Morgan fingerprint density at radius 3 is 1.78 bits per heavy atom. The molecule has 0 aromatic rings. The number of carboxylic acid groups (broad SMARTS) is 1. The lowest BCUT2D eigenvalue weighted by atomic mass is 10.00. The summed E-state index contributed by atoms with van der Waals surface area (Å²) in [5.74, 6) is -0.919. The highest BCUT2D eigenvalue weighted by atomic mass is 16.4. The molecular formula is C18H34O5. The summed E-state index contributed by atoms with van der Waals surface area (Å²) in [5.41, 5.74) is 0. The molecule has 0 aliphatic heterocycles. The van der Waals surface area contributed by atoms with Crippen molar-refractivity contribution in [1.29, 1.82) is 0 Å². The Morgan fingerprint density at radius 1 is 0.783 bits per heavy atom. The largest absolute Gasteiger partial charge is 0.478 e. The van der Waals surface area contributed by atoms with Crippen LogP contribution in [0, 0.1) is 0 Å². The average Bonchev–Trinajstić information content (AvgIpc) is 2.52. The number of carboxylic acids is 1. The van der Waals surface area contributed by atoms with Gasteiger partial charge in [0.1, 0.15) is 0 Å². The Balaban J connectivity index is 3.44. The van der Waals surface area contributed by atoms with Gasteiger partial charge in [-0.2, -0.15) is 0 Å². The minimum absolute atomic E-state index is 0.265. The third-order valence-electron chi connectivity index (χ3n) is 3.98. The Morgan fingerprint density at radius 2 is 1.26 bits per heavy atom. The second kappa shape index (κ2) is 16.0. The molecule has 0 aromatic carbocycles. The molecule has 0 saturated carbocycles. The van der Waals surface area contributed by atoms with Gasteiger partial charge in [-0.3, -0.25) is 0 Å². The van der Waals surface area contributed by atoms with Gasteiger partial charge < -0.3 is 20.4 Å². The van der Waals surface area contributed by atoms with Gasteiger partial charge in [0.05, 0.1) is 12.2 Å². The summed E-state index contributed by atoms with van der Waals surface area (Å²) >= 11 is 0. The van der Waals surface area contributed by atoms with Crippen LogP contribution in [0.2, 0.25) is 0 Å². The van der Waals surface area contributed by atoms with Crippen LogP contribution in [0.5, 0.6) is 0 Å². The predicted octanol–water partition coefficient (Wildman–Crippen LogP) is 3.02. The van der Waals surface area contributed by atoms with Crippen LogP contribution in [-0.4, -0.2) is 45.2 Å². The van der Waals surface area contributed by atoms with Crippen molar-refractivity contribution in [3.05, 3.63) is 12.2 Å². The molecule has 5 nitrogen and oxygen atoms in total. The first kappa shape index (κ1) is 22.1. The van der Waals surface area contributed by atoms with Crippen molar-refractivity contribution < 1.29 is 25.2 Å². The van der Waals surface area contributed by atoms with Crippen LogP contribution in [-0.2, 0) is 4.79 Å². The number of unbranched alkanes of at least 4 members (excludes halogenated alkanes) is 8. The molecule has 0 amide bonds. The van der Waals surface area contributed by atoms with Gasteiger partial charge in [0.25, 0.3) is 0 Å². The van der Waals surface area contributed by atoms with E-state index < -0.39 is 18.2 Å². The monoisotopic (exact) mass is 330 g/mol. The minimum Gasteiger partial charge on any atom is -0.478 e. The van der Waals surface area contributed by atoms with Gasteiger partial charge in [-0.25, -0.2) is 4.79 Å². The maximum absolute atomic E-state index is 10.3. The zero-order chi connectivity index (χ0) is 17.3. The summed E-state index contributed by atoms with van der Waals surface area (Å²) in [7, 11) is 0. The predicted molar refractivity (Wildman–Crippen MR) is 91.3 cm³/mol. The lowest BCUT2D eigenvalue weighted by molar-refractivity contribution is -0.131. The quantitative estimate of drug-likeness (QED) is 0.258. The van der Waals surface area contributed by atoms with Crippen molar-refractivity contribution >= 4 is 5.97 Å². The van der Waals surface area contributed by atoms with Crippen molar-refractivity contribution in [3.8, 4) is 0 Å². The Kier molecular flexibility index (Phi) is 15.3. The normalized spacial score (nSPS) is 14.2. The summed E-state index contributed by atoms with van der Waals surface area (Å²) in [6, 6.07) is 0. The fraction of sp³-hybridized carbons (Fsp3) is 0.833. The molecule has 0 fully saturated rings. The van der Waals surface area contributed by atoms with E-state index in [1.54, 1.807) is 6.08 Å². The molecule has 23 heavy (non-hydrogen) atoms. The van der Waals surface area contributed by atoms with E-state index in [1.165, 1.54) is 0 Å². The van der Waals surface area contributed by atoms with Gasteiger partial charge in [-0.05, 0) is 32.1 Å². The van der Waals surface area contributed by atoms with Crippen molar-refractivity contribution in [1.82, 2.24) is 0 Å². The molecule has 0 spiro atoms. The van der Waals surface area contributed by atoms with Gasteiger partial charge in [0.2, 0.25) is 0 Å². The average molecular weight is 330 g/mol. The molecule has 0 saturated heterocycles. The van der Waals surface area contributed by atoms with Gasteiger partial charge >= 0.3 is 5.97 Å². The van der Waals surface area contributed by atoms with Gasteiger partial charge in [0, 0.05) is 12.7 Å². The zero-order valence-electron chi connectivity index (χ0n) is 14.2. The third-order valence-corrected chi connectivity index (χ3v) is 3.98. The van der Waals surface area contributed by atoms with Crippen LogP contribution in [0.4, 0.5) is 0 Å². The summed E-state index contributed by atoms with van der Waals surface area (Å²) in [5, 5.41) is 36.9. The number of aliphatic carboxylic acids is 1. The smallest absolute Gasteiger partial charge is 0.327 e. The van der Waals surface area contributed by atoms with Crippen LogP contribution in [0.1, 0.15) is 77.0 Å². The summed E-state index contributed by atoms with van der Waals surface area (Å²) in [4.78, 5) is 10.3. The van der Waals surface area contributed by atoms with Crippen molar-refractivity contribution in [3.63, 3.8) is 0 Å². The van der Waals surface area contributed by atoms with E-state index in [0.29, 0.717) is 12.8 Å². The lowest BCUT2D eigenvalue weighted by Crippen LogP contribution is -2.25. The number of rotatable bonds is 16. The Bertz CT molecular complexity index is 304. The van der Waals surface area contributed by atoms with E-state index in [0.717, 1.165) is 70.3 Å². The van der Waals surface area contributed by atoms with E-state index in [9.17, 15) is 15.0 Å². The number of hydrogen-bond acceptors (Lipinski definition) is 4. The van der Waals surface area contributed by atoms with Gasteiger partial charge in [-0.15, -0.1) is 0 Å². The van der Waals surface area contributed by atoms with Crippen LogP contribution in [0.15, 0.2) is 12.2 Å². The molecule has 0 bridgehead atoms. The van der Waals surface area contributed by atoms with Crippen LogP contribution in [0.25, 0.3) is 0 Å². The first-order chi connectivity index (χ1) is 11.1. The van der Waals surface area contributed by atoms with Gasteiger partial charge in [0.15, 0.2) is 0 Å². The fourth-order valence-electron chi connectivity index (χ4n) is 2.53. The highest BCUT2D eigenvalue weighted by Crippen LogP contribution is 2.14. The maximum atomic E-state index is 10.3. The number of carbonyl (C=O) groups is 1. The van der Waals surface area contributed by atoms with E-state index in [2.05, 4.69) is 0 Å². The van der Waals surface area contributed by atoms with Crippen molar-refractivity contribution in [2.45, 2.75) is 89.3 Å². The summed E-state index contributed by atoms with van der Waals surface area (Å²) in [6.07, 6.45) is 12.3. The number of hydrogen-bond donors (Lipinski definition) is 4. The summed E-state index contributed by atoms with van der Waals surface area (Å²) in [6.45, 7) is 0.265. The molecule has 5 heteroatoms.